The molecule has 7 heteroatoms. The minimum Gasteiger partial charge on any atom is -0.297 e. The van der Waals surface area contributed by atoms with E-state index < -0.39 is 15.8 Å². The Hall–Kier alpha value is -1.47. The predicted octanol–water partition coefficient (Wildman–Crippen LogP) is 3.03. The second-order valence-corrected chi connectivity index (χ2v) is 8.02. The number of halogens is 2. The van der Waals surface area contributed by atoms with Gasteiger partial charge in [-0.1, -0.05) is 41.9 Å². The van der Waals surface area contributed by atoms with Crippen molar-refractivity contribution in [3.05, 3.63) is 64.9 Å². The molecule has 1 fully saturated rings. The van der Waals surface area contributed by atoms with Gasteiger partial charge in [0.2, 0.25) is 10.0 Å². The minimum absolute atomic E-state index is 0.168. The van der Waals surface area contributed by atoms with Gasteiger partial charge in [0, 0.05) is 30.7 Å². The van der Waals surface area contributed by atoms with Crippen molar-refractivity contribution in [3.63, 3.8) is 0 Å². The van der Waals surface area contributed by atoms with Crippen LogP contribution < -0.4 is 4.72 Å². The molecule has 0 bridgehead atoms. The van der Waals surface area contributed by atoms with E-state index in [9.17, 15) is 12.8 Å². The van der Waals surface area contributed by atoms with Crippen LogP contribution in [0.3, 0.4) is 0 Å². The summed E-state index contributed by atoms with van der Waals surface area (Å²) >= 11 is 5.67. The van der Waals surface area contributed by atoms with Crippen LogP contribution in [0.1, 0.15) is 12.0 Å². The van der Waals surface area contributed by atoms with Gasteiger partial charge in [0.1, 0.15) is 10.7 Å². The number of benzene rings is 2. The Bertz CT molecular complexity index is 815. The maximum Gasteiger partial charge on any atom is 0.243 e. The molecular weight excluding hydrogens is 351 g/mol. The van der Waals surface area contributed by atoms with E-state index in [0.717, 1.165) is 19.2 Å². The van der Waals surface area contributed by atoms with E-state index in [-0.39, 0.29) is 16.0 Å². The first-order chi connectivity index (χ1) is 11.4. The van der Waals surface area contributed by atoms with Crippen molar-refractivity contribution in [2.24, 2.45) is 0 Å². The van der Waals surface area contributed by atoms with E-state index in [2.05, 4.69) is 9.62 Å². The van der Waals surface area contributed by atoms with Crippen LogP contribution in [0.4, 0.5) is 4.39 Å². The van der Waals surface area contributed by atoms with E-state index >= 15 is 0 Å². The van der Waals surface area contributed by atoms with E-state index in [1.165, 1.54) is 17.7 Å². The van der Waals surface area contributed by atoms with Crippen molar-refractivity contribution < 1.29 is 12.8 Å². The van der Waals surface area contributed by atoms with Crippen molar-refractivity contribution in [2.45, 2.75) is 23.9 Å². The lowest BCUT2D eigenvalue weighted by molar-refractivity contribution is 0.324. The third-order valence-corrected chi connectivity index (χ3v) is 5.82. The lowest BCUT2D eigenvalue weighted by Gasteiger charge is -2.17. The Morgan fingerprint density at radius 2 is 1.96 bits per heavy atom. The van der Waals surface area contributed by atoms with E-state index in [1.54, 1.807) is 0 Å². The van der Waals surface area contributed by atoms with Crippen molar-refractivity contribution in [2.75, 3.05) is 13.1 Å². The summed E-state index contributed by atoms with van der Waals surface area (Å²) in [4.78, 5) is 1.81. The third kappa shape index (κ3) is 4.13. The Kier molecular flexibility index (Phi) is 5.20. The maximum atomic E-state index is 13.9. The SMILES string of the molecule is O=S(=O)(NC1CCN(Cc2ccccc2)C1)c1ccc(Cl)cc1F. The van der Waals surface area contributed by atoms with Crippen LogP contribution >= 0.6 is 11.6 Å². The second kappa shape index (κ2) is 7.19. The first-order valence-electron chi connectivity index (χ1n) is 7.68. The summed E-state index contributed by atoms with van der Waals surface area (Å²) in [7, 11) is -3.90. The topological polar surface area (TPSA) is 49.4 Å². The number of hydrogen-bond acceptors (Lipinski definition) is 3. The summed E-state index contributed by atoms with van der Waals surface area (Å²) in [6.07, 6.45) is 0.696. The molecule has 3 rings (SSSR count). The molecule has 24 heavy (non-hydrogen) atoms. The Labute approximate surface area is 146 Å². The zero-order chi connectivity index (χ0) is 17.2. The quantitative estimate of drug-likeness (QED) is 0.882. The summed E-state index contributed by atoms with van der Waals surface area (Å²) in [5.74, 6) is -0.839. The van der Waals surface area contributed by atoms with Gasteiger partial charge in [0.25, 0.3) is 0 Å². The van der Waals surface area contributed by atoms with Gasteiger partial charge in [-0.05, 0) is 30.2 Å². The molecule has 4 nitrogen and oxygen atoms in total. The zero-order valence-corrected chi connectivity index (χ0v) is 14.5. The molecule has 0 amide bonds. The number of nitrogens with zero attached hydrogens (tertiary/aromatic N) is 1. The standard InChI is InChI=1S/C17H18ClFN2O2S/c18-14-6-7-17(16(19)10-14)24(22,23)20-15-8-9-21(12-15)11-13-4-2-1-3-5-13/h1-7,10,15,20H,8-9,11-12H2. The van der Waals surface area contributed by atoms with Gasteiger partial charge < -0.3 is 0 Å². The van der Waals surface area contributed by atoms with Gasteiger partial charge in [-0.2, -0.15) is 0 Å². The molecule has 1 heterocycles. The van der Waals surface area contributed by atoms with Crippen LogP contribution in [0.15, 0.2) is 53.4 Å². The number of hydrogen-bond donors (Lipinski definition) is 1. The Morgan fingerprint density at radius 1 is 1.21 bits per heavy atom. The largest absolute Gasteiger partial charge is 0.297 e. The zero-order valence-electron chi connectivity index (χ0n) is 13.0. The van der Waals surface area contributed by atoms with Crippen molar-refractivity contribution in [3.8, 4) is 0 Å². The molecule has 1 unspecified atom stereocenters. The number of sulfonamides is 1. The number of rotatable bonds is 5. The van der Waals surface area contributed by atoms with E-state index in [1.807, 2.05) is 30.3 Å². The molecule has 2 aromatic carbocycles. The van der Waals surface area contributed by atoms with Crippen LogP contribution in [-0.4, -0.2) is 32.4 Å². The molecule has 0 aromatic heterocycles. The van der Waals surface area contributed by atoms with Crippen molar-refractivity contribution >= 4 is 21.6 Å². The fourth-order valence-electron chi connectivity index (χ4n) is 2.89. The second-order valence-electron chi connectivity index (χ2n) is 5.90. The average molecular weight is 369 g/mol. The monoisotopic (exact) mass is 368 g/mol. The van der Waals surface area contributed by atoms with Gasteiger partial charge in [-0.3, -0.25) is 4.90 Å². The van der Waals surface area contributed by atoms with Crippen molar-refractivity contribution in [1.29, 1.82) is 0 Å². The average Bonchev–Trinajstić information content (AvgIpc) is 2.94. The molecule has 128 valence electrons. The summed E-state index contributed by atoms with van der Waals surface area (Å²) in [5, 5.41) is 0.168. The van der Waals surface area contributed by atoms with Gasteiger partial charge in [-0.15, -0.1) is 0 Å². The molecule has 1 N–H and O–H groups in total. The lowest BCUT2D eigenvalue weighted by Crippen LogP contribution is -2.37. The third-order valence-electron chi connectivity index (χ3n) is 4.03. The summed E-state index contributed by atoms with van der Waals surface area (Å²) in [6.45, 7) is 2.17. The van der Waals surface area contributed by atoms with Gasteiger partial charge >= 0.3 is 0 Å². The summed E-state index contributed by atoms with van der Waals surface area (Å²) < 4.78 is 41.2. The van der Waals surface area contributed by atoms with E-state index in [0.29, 0.717) is 13.0 Å². The molecule has 1 aliphatic rings. The first kappa shape index (κ1) is 17.4. The maximum absolute atomic E-state index is 13.9. The number of likely N-dealkylation sites (tertiary alicyclic amines) is 1. The smallest absolute Gasteiger partial charge is 0.243 e. The molecular formula is C17H18ClFN2O2S. The highest BCUT2D eigenvalue weighted by Gasteiger charge is 2.28. The Morgan fingerprint density at radius 3 is 2.67 bits per heavy atom. The predicted molar refractivity (Wildman–Crippen MR) is 91.9 cm³/mol. The Balaban J connectivity index is 1.64. The fraction of sp³-hybridized carbons (Fsp3) is 0.294. The molecule has 0 radical (unpaired) electrons. The lowest BCUT2D eigenvalue weighted by atomic mass is 10.2. The molecule has 1 aliphatic heterocycles. The normalized spacial score (nSPS) is 18.8. The van der Waals surface area contributed by atoms with Crippen LogP contribution in [0, 0.1) is 5.82 Å². The first-order valence-corrected chi connectivity index (χ1v) is 9.54. The molecule has 1 saturated heterocycles. The minimum atomic E-state index is -3.90. The van der Waals surface area contributed by atoms with Crippen molar-refractivity contribution in [1.82, 2.24) is 9.62 Å². The van der Waals surface area contributed by atoms with Crippen LogP contribution in [0.25, 0.3) is 0 Å². The highest BCUT2D eigenvalue weighted by molar-refractivity contribution is 7.89. The molecule has 1 atom stereocenters. The number of nitrogens with one attached hydrogen (secondary N) is 1. The van der Waals surface area contributed by atoms with E-state index in [4.69, 9.17) is 11.6 Å². The van der Waals surface area contributed by atoms with Crippen LogP contribution in [0.5, 0.6) is 0 Å². The highest BCUT2D eigenvalue weighted by Crippen LogP contribution is 2.21. The molecule has 0 saturated carbocycles. The highest BCUT2D eigenvalue weighted by atomic mass is 35.5. The molecule has 0 spiro atoms. The summed E-state index contributed by atoms with van der Waals surface area (Å²) in [5.41, 5.74) is 1.18. The fourth-order valence-corrected chi connectivity index (χ4v) is 4.37. The van der Waals surface area contributed by atoms with Crippen LogP contribution in [-0.2, 0) is 16.6 Å². The van der Waals surface area contributed by atoms with Crippen LogP contribution in [0.2, 0.25) is 5.02 Å². The molecule has 2 aromatic rings. The molecule has 0 aliphatic carbocycles. The van der Waals surface area contributed by atoms with Gasteiger partial charge in [0.15, 0.2) is 0 Å². The van der Waals surface area contributed by atoms with Gasteiger partial charge in [-0.25, -0.2) is 17.5 Å². The summed E-state index contributed by atoms with van der Waals surface area (Å²) in [6, 6.07) is 13.4. The van der Waals surface area contributed by atoms with Gasteiger partial charge in [0.05, 0.1) is 0 Å².